The Balaban J connectivity index is 1.79. The van der Waals surface area contributed by atoms with Crippen LogP contribution in [-0.4, -0.2) is 18.1 Å². The molecule has 0 saturated heterocycles. The molecule has 0 aromatic heterocycles. The Bertz CT molecular complexity index is 835. The van der Waals surface area contributed by atoms with Gasteiger partial charge in [-0.05, 0) is 42.8 Å². The summed E-state index contributed by atoms with van der Waals surface area (Å²) in [6.07, 6.45) is 10.1. The SMILES string of the molecule is CCCCCCCCCC(=O)N/N=C/c1ccccc1OC(=O)c1ccc(Cl)cc1. The Kier molecular flexibility index (Phi) is 10.7. The van der Waals surface area contributed by atoms with Crippen molar-refractivity contribution in [3.8, 4) is 5.75 Å². The molecule has 160 valence electrons. The molecular weight excluding hydrogens is 400 g/mol. The van der Waals surface area contributed by atoms with E-state index in [2.05, 4.69) is 17.5 Å². The zero-order valence-electron chi connectivity index (χ0n) is 17.4. The third kappa shape index (κ3) is 8.78. The summed E-state index contributed by atoms with van der Waals surface area (Å²) in [5.74, 6) is -0.242. The normalized spacial score (nSPS) is 10.9. The first kappa shape index (κ1) is 23.6. The third-order valence-electron chi connectivity index (χ3n) is 4.60. The summed E-state index contributed by atoms with van der Waals surface area (Å²) in [4.78, 5) is 24.2. The largest absolute Gasteiger partial charge is 0.422 e. The van der Waals surface area contributed by atoms with Crippen molar-refractivity contribution >= 4 is 29.7 Å². The number of hydrogen-bond donors (Lipinski definition) is 1. The fraction of sp³-hybridized carbons (Fsp3) is 0.375. The molecule has 0 heterocycles. The van der Waals surface area contributed by atoms with Crippen LogP contribution < -0.4 is 10.2 Å². The highest BCUT2D eigenvalue weighted by Gasteiger charge is 2.10. The van der Waals surface area contributed by atoms with Crippen LogP contribution in [0.1, 0.15) is 74.2 Å². The number of rotatable bonds is 12. The fourth-order valence-electron chi connectivity index (χ4n) is 2.90. The van der Waals surface area contributed by atoms with Gasteiger partial charge in [0, 0.05) is 17.0 Å². The molecule has 1 amide bonds. The maximum atomic E-state index is 12.3. The van der Waals surface area contributed by atoms with Gasteiger partial charge in [0.2, 0.25) is 5.91 Å². The van der Waals surface area contributed by atoms with Crippen molar-refractivity contribution in [2.24, 2.45) is 5.10 Å². The number of hydrogen-bond acceptors (Lipinski definition) is 4. The molecule has 0 fully saturated rings. The second-order valence-corrected chi connectivity index (χ2v) is 7.54. The van der Waals surface area contributed by atoms with Crippen LogP contribution in [0.2, 0.25) is 5.02 Å². The van der Waals surface area contributed by atoms with E-state index in [0.717, 1.165) is 12.8 Å². The van der Waals surface area contributed by atoms with Crippen LogP contribution in [0.4, 0.5) is 0 Å². The van der Waals surface area contributed by atoms with E-state index in [-0.39, 0.29) is 5.91 Å². The number of unbranched alkanes of at least 4 members (excludes halogenated alkanes) is 6. The lowest BCUT2D eigenvalue weighted by molar-refractivity contribution is -0.121. The molecule has 30 heavy (non-hydrogen) atoms. The van der Waals surface area contributed by atoms with Crippen molar-refractivity contribution < 1.29 is 14.3 Å². The van der Waals surface area contributed by atoms with Gasteiger partial charge in [-0.15, -0.1) is 0 Å². The minimum absolute atomic E-state index is 0.115. The van der Waals surface area contributed by atoms with E-state index in [0.29, 0.717) is 28.3 Å². The Hall–Kier alpha value is -2.66. The number of benzene rings is 2. The van der Waals surface area contributed by atoms with Gasteiger partial charge >= 0.3 is 5.97 Å². The predicted octanol–water partition coefficient (Wildman–Crippen LogP) is 6.15. The number of hydrazone groups is 1. The van der Waals surface area contributed by atoms with E-state index in [9.17, 15) is 9.59 Å². The zero-order valence-corrected chi connectivity index (χ0v) is 18.2. The molecule has 2 rings (SSSR count). The van der Waals surface area contributed by atoms with Gasteiger partial charge in [-0.25, -0.2) is 10.2 Å². The molecule has 0 bridgehead atoms. The Morgan fingerprint density at radius 3 is 2.37 bits per heavy atom. The number of nitrogens with zero attached hydrogens (tertiary/aromatic N) is 1. The van der Waals surface area contributed by atoms with Crippen molar-refractivity contribution in [2.75, 3.05) is 0 Å². The molecule has 2 aromatic carbocycles. The lowest BCUT2D eigenvalue weighted by Crippen LogP contribution is -2.17. The summed E-state index contributed by atoms with van der Waals surface area (Å²) in [6.45, 7) is 2.20. The van der Waals surface area contributed by atoms with Gasteiger partial charge in [0.25, 0.3) is 0 Å². The van der Waals surface area contributed by atoms with Crippen molar-refractivity contribution in [3.63, 3.8) is 0 Å². The number of para-hydroxylation sites is 1. The van der Waals surface area contributed by atoms with Gasteiger partial charge in [0.15, 0.2) is 0 Å². The minimum Gasteiger partial charge on any atom is -0.422 e. The Labute approximate surface area is 183 Å². The van der Waals surface area contributed by atoms with Gasteiger partial charge < -0.3 is 4.74 Å². The number of carbonyl (C=O) groups is 2. The maximum absolute atomic E-state index is 12.3. The fourth-order valence-corrected chi connectivity index (χ4v) is 3.02. The molecule has 6 heteroatoms. The molecule has 0 aliphatic heterocycles. The van der Waals surface area contributed by atoms with Crippen LogP contribution in [0, 0.1) is 0 Å². The molecular formula is C24H29ClN2O3. The monoisotopic (exact) mass is 428 g/mol. The predicted molar refractivity (Wildman–Crippen MR) is 121 cm³/mol. The van der Waals surface area contributed by atoms with Gasteiger partial charge in [-0.1, -0.05) is 69.2 Å². The number of amides is 1. The first-order valence-electron chi connectivity index (χ1n) is 10.5. The van der Waals surface area contributed by atoms with Crippen molar-refractivity contribution in [1.82, 2.24) is 5.43 Å². The average molecular weight is 429 g/mol. The van der Waals surface area contributed by atoms with Crippen LogP contribution in [0.15, 0.2) is 53.6 Å². The Morgan fingerprint density at radius 2 is 1.63 bits per heavy atom. The summed E-state index contributed by atoms with van der Waals surface area (Å²) >= 11 is 5.85. The number of esters is 1. The molecule has 0 aliphatic carbocycles. The van der Waals surface area contributed by atoms with Crippen LogP contribution >= 0.6 is 11.6 Å². The van der Waals surface area contributed by atoms with E-state index < -0.39 is 5.97 Å². The van der Waals surface area contributed by atoms with E-state index in [1.807, 2.05) is 0 Å². The number of ether oxygens (including phenoxy) is 1. The van der Waals surface area contributed by atoms with Crippen LogP contribution in [0.5, 0.6) is 5.75 Å². The highest BCUT2D eigenvalue weighted by molar-refractivity contribution is 6.30. The molecule has 5 nitrogen and oxygen atoms in total. The number of carbonyl (C=O) groups excluding carboxylic acids is 2. The first-order valence-corrected chi connectivity index (χ1v) is 10.9. The summed E-state index contributed by atoms with van der Waals surface area (Å²) in [5, 5.41) is 4.55. The van der Waals surface area contributed by atoms with Crippen LogP contribution in [0.25, 0.3) is 0 Å². The van der Waals surface area contributed by atoms with Gasteiger partial charge in [0.1, 0.15) is 5.75 Å². The molecule has 0 saturated carbocycles. The molecule has 1 N–H and O–H groups in total. The van der Waals surface area contributed by atoms with Gasteiger partial charge in [0.05, 0.1) is 11.8 Å². The highest BCUT2D eigenvalue weighted by Crippen LogP contribution is 2.18. The molecule has 0 radical (unpaired) electrons. The van der Waals surface area contributed by atoms with E-state index in [1.165, 1.54) is 38.3 Å². The standard InChI is InChI=1S/C24H29ClN2O3/c1-2-3-4-5-6-7-8-13-23(28)27-26-18-20-11-9-10-12-22(20)30-24(29)19-14-16-21(25)17-15-19/h9-12,14-18H,2-8,13H2,1H3,(H,27,28)/b26-18+. The molecule has 2 aromatic rings. The van der Waals surface area contributed by atoms with Crippen LogP contribution in [0.3, 0.4) is 0 Å². The maximum Gasteiger partial charge on any atom is 0.343 e. The molecule has 0 unspecified atom stereocenters. The average Bonchev–Trinajstić information content (AvgIpc) is 2.74. The summed E-state index contributed by atoms with van der Waals surface area (Å²) in [6, 6.07) is 13.5. The number of halogens is 1. The van der Waals surface area contributed by atoms with Crippen LogP contribution in [-0.2, 0) is 4.79 Å². The summed E-state index contributed by atoms with van der Waals surface area (Å²) in [5.41, 5.74) is 3.53. The molecule has 0 atom stereocenters. The highest BCUT2D eigenvalue weighted by atomic mass is 35.5. The number of nitrogens with one attached hydrogen (secondary N) is 1. The zero-order chi connectivity index (χ0) is 21.6. The van der Waals surface area contributed by atoms with Gasteiger partial charge in [-0.2, -0.15) is 5.10 Å². The third-order valence-corrected chi connectivity index (χ3v) is 4.85. The molecule has 0 aliphatic rings. The van der Waals surface area contributed by atoms with Crippen molar-refractivity contribution in [1.29, 1.82) is 0 Å². The minimum atomic E-state index is -0.490. The van der Waals surface area contributed by atoms with Gasteiger partial charge in [-0.3, -0.25) is 4.79 Å². The smallest absolute Gasteiger partial charge is 0.343 e. The van der Waals surface area contributed by atoms with Crippen molar-refractivity contribution in [2.45, 2.75) is 58.3 Å². The van der Waals surface area contributed by atoms with Crippen molar-refractivity contribution in [3.05, 3.63) is 64.7 Å². The summed E-state index contributed by atoms with van der Waals surface area (Å²) < 4.78 is 5.46. The summed E-state index contributed by atoms with van der Waals surface area (Å²) in [7, 11) is 0. The Morgan fingerprint density at radius 1 is 0.967 bits per heavy atom. The quantitative estimate of drug-likeness (QED) is 0.145. The van der Waals surface area contributed by atoms with E-state index in [4.69, 9.17) is 16.3 Å². The second kappa shape index (κ2) is 13.5. The first-order chi connectivity index (χ1) is 14.6. The second-order valence-electron chi connectivity index (χ2n) is 7.10. The topological polar surface area (TPSA) is 67.8 Å². The van der Waals surface area contributed by atoms with E-state index >= 15 is 0 Å². The van der Waals surface area contributed by atoms with E-state index in [1.54, 1.807) is 48.5 Å². The lowest BCUT2D eigenvalue weighted by Gasteiger charge is -2.07. The lowest BCUT2D eigenvalue weighted by atomic mass is 10.1. The molecule has 0 spiro atoms.